The SMILES string of the molecule is O=C(Cc1ccc(-n2cccc2)cc1)N1CCCSc2ccccc21. The Morgan fingerprint density at radius 1 is 0.960 bits per heavy atom. The van der Waals surface area contributed by atoms with Crippen LogP contribution in [0, 0.1) is 0 Å². The fourth-order valence-electron chi connectivity index (χ4n) is 3.15. The summed E-state index contributed by atoms with van der Waals surface area (Å²) >= 11 is 1.84. The fraction of sp³-hybridized carbons (Fsp3) is 0.190. The van der Waals surface area contributed by atoms with Crippen molar-refractivity contribution in [3.63, 3.8) is 0 Å². The zero-order valence-corrected chi connectivity index (χ0v) is 14.8. The standard InChI is InChI=1S/C21H20N2OS/c24-21(23-14-5-15-25-20-7-2-1-6-19(20)23)16-17-8-10-18(11-9-17)22-12-3-4-13-22/h1-4,6-13H,5,14-16H2. The molecule has 1 aliphatic heterocycles. The number of carbonyl (C=O) groups is 1. The maximum absolute atomic E-state index is 12.9. The van der Waals surface area contributed by atoms with Gasteiger partial charge in [0.2, 0.25) is 5.91 Å². The van der Waals surface area contributed by atoms with Crippen molar-refractivity contribution in [2.24, 2.45) is 0 Å². The van der Waals surface area contributed by atoms with Crippen molar-refractivity contribution in [2.45, 2.75) is 17.7 Å². The molecule has 2 aromatic carbocycles. The van der Waals surface area contributed by atoms with Gasteiger partial charge in [-0.25, -0.2) is 0 Å². The highest BCUT2D eigenvalue weighted by molar-refractivity contribution is 7.99. The molecule has 1 aromatic heterocycles. The number of anilines is 1. The molecule has 0 saturated carbocycles. The van der Waals surface area contributed by atoms with Crippen molar-refractivity contribution in [1.82, 2.24) is 4.57 Å². The topological polar surface area (TPSA) is 25.2 Å². The summed E-state index contributed by atoms with van der Waals surface area (Å²) in [6.07, 6.45) is 5.50. The Labute approximate surface area is 152 Å². The summed E-state index contributed by atoms with van der Waals surface area (Å²) in [5, 5.41) is 0. The molecule has 0 aliphatic carbocycles. The van der Waals surface area contributed by atoms with Crippen LogP contribution in [0.25, 0.3) is 5.69 Å². The molecular weight excluding hydrogens is 328 g/mol. The Bertz CT molecular complexity index is 856. The van der Waals surface area contributed by atoms with Crippen molar-refractivity contribution in [3.8, 4) is 5.69 Å². The minimum atomic E-state index is 0.170. The number of carbonyl (C=O) groups excluding carboxylic acids is 1. The minimum Gasteiger partial charge on any atom is -0.324 e. The Balaban J connectivity index is 1.52. The normalized spacial score (nSPS) is 14.0. The lowest BCUT2D eigenvalue weighted by molar-refractivity contribution is -0.118. The van der Waals surface area contributed by atoms with Gasteiger partial charge in [-0.2, -0.15) is 0 Å². The molecule has 0 bridgehead atoms. The van der Waals surface area contributed by atoms with E-state index >= 15 is 0 Å². The van der Waals surface area contributed by atoms with Gasteiger partial charge in [0.05, 0.1) is 12.1 Å². The van der Waals surface area contributed by atoms with Crippen LogP contribution < -0.4 is 4.90 Å². The van der Waals surface area contributed by atoms with Gasteiger partial charge in [0.1, 0.15) is 0 Å². The van der Waals surface area contributed by atoms with E-state index in [0.29, 0.717) is 6.42 Å². The molecule has 1 aliphatic rings. The van der Waals surface area contributed by atoms with E-state index in [9.17, 15) is 4.79 Å². The van der Waals surface area contributed by atoms with Crippen LogP contribution in [0.3, 0.4) is 0 Å². The van der Waals surface area contributed by atoms with Crippen molar-refractivity contribution in [3.05, 3.63) is 78.6 Å². The van der Waals surface area contributed by atoms with Gasteiger partial charge in [0, 0.05) is 29.5 Å². The van der Waals surface area contributed by atoms with Crippen LogP contribution in [-0.2, 0) is 11.2 Å². The first-order chi connectivity index (χ1) is 12.3. The largest absolute Gasteiger partial charge is 0.324 e. The second-order valence-corrected chi connectivity index (χ2v) is 7.29. The first-order valence-corrected chi connectivity index (χ1v) is 9.54. The molecule has 25 heavy (non-hydrogen) atoms. The maximum Gasteiger partial charge on any atom is 0.231 e. The van der Waals surface area contributed by atoms with E-state index in [1.807, 2.05) is 65.5 Å². The van der Waals surface area contributed by atoms with Crippen molar-refractivity contribution >= 4 is 23.4 Å². The van der Waals surface area contributed by atoms with Gasteiger partial charge in [-0.15, -0.1) is 11.8 Å². The highest BCUT2D eigenvalue weighted by Crippen LogP contribution is 2.33. The van der Waals surface area contributed by atoms with Crippen LogP contribution in [0.5, 0.6) is 0 Å². The van der Waals surface area contributed by atoms with E-state index in [-0.39, 0.29) is 5.91 Å². The van der Waals surface area contributed by atoms with E-state index < -0.39 is 0 Å². The summed E-state index contributed by atoms with van der Waals surface area (Å²) in [6.45, 7) is 0.796. The molecule has 4 heteroatoms. The summed E-state index contributed by atoms with van der Waals surface area (Å²) < 4.78 is 2.06. The molecule has 2 heterocycles. The highest BCUT2D eigenvalue weighted by atomic mass is 32.2. The highest BCUT2D eigenvalue weighted by Gasteiger charge is 2.21. The predicted octanol–water partition coefficient (Wildman–Crippen LogP) is 4.55. The fourth-order valence-corrected chi connectivity index (χ4v) is 4.14. The van der Waals surface area contributed by atoms with E-state index in [1.165, 1.54) is 4.90 Å². The second-order valence-electron chi connectivity index (χ2n) is 6.15. The Kier molecular flexibility index (Phi) is 4.61. The summed E-state index contributed by atoms with van der Waals surface area (Å²) in [6, 6.07) is 20.5. The van der Waals surface area contributed by atoms with Crippen LogP contribution in [0.4, 0.5) is 5.69 Å². The quantitative estimate of drug-likeness (QED) is 0.694. The first kappa shape index (κ1) is 16.0. The van der Waals surface area contributed by atoms with E-state index in [4.69, 9.17) is 0 Å². The molecule has 0 N–H and O–H groups in total. The van der Waals surface area contributed by atoms with Gasteiger partial charge < -0.3 is 9.47 Å². The number of hydrogen-bond acceptors (Lipinski definition) is 2. The molecular formula is C21H20N2OS. The number of rotatable bonds is 3. The lowest BCUT2D eigenvalue weighted by Crippen LogP contribution is -2.33. The van der Waals surface area contributed by atoms with Gasteiger partial charge in [-0.3, -0.25) is 4.79 Å². The number of nitrogens with zero attached hydrogens (tertiary/aromatic N) is 2. The predicted molar refractivity (Wildman–Crippen MR) is 104 cm³/mol. The molecule has 0 atom stereocenters. The first-order valence-electron chi connectivity index (χ1n) is 8.56. The average Bonchev–Trinajstić information content (AvgIpc) is 3.09. The number of thioether (sulfide) groups is 1. The van der Waals surface area contributed by atoms with Gasteiger partial charge in [-0.1, -0.05) is 24.3 Å². The Morgan fingerprint density at radius 3 is 2.52 bits per heavy atom. The monoisotopic (exact) mass is 348 g/mol. The third kappa shape index (κ3) is 3.49. The molecule has 0 spiro atoms. The van der Waals surface area contributed by atoms with Gasteiger partial charge in [-0.05, 0) is 54.1 Å². The van der Waals surface area contributed by atoms with Crippen LogP contribution in [0.2, 0.25) is 0 Å². The van der Waals surface area contributed by atoms with E-state index in [0.717, 1.165) is 35.7 Å². The smallest absolute Gasteiger partial charge is 0.231 e. The van der Waals surface area contributed by atoms with Crippen molar-refractivity contribution < 1.29 is 4.79 Å². The Morgan fingerprint density at radius 2 is 1.72 bits per heavy atom. The molecule has 0 saturated heterocycles. The van der Waals surface area contributed by atoms with Crippen molar-refractivity contribution in [2.75, 3.05) is 17.2 Å². The average molecular weight is 348 g/mol. The third-order valence-electron chi connectivity index (χ3n) is 4.44. The summed E-state index contributed by atoms with van der Waals surface area (Å²) in [5.74, 6) is 1.23. The zero-order valence-electron chi connectivity index (χ0n) is 14.0. The van der Waals surface area contributed by atoms with Gasteiger partial charge in [0.25, 0.3) is 0 Å². The molecule has 3 nitrogen and oxygen atoms in total. The molecule has 0 radical (unpaired) electrons. The number of hydrogen-bond donors (Lipinski definition) is 0. The molecule has 126 valence electrons. The number of benzene rings is 2. The van der Waals surface area contributed by atoms with Gasteiger partial charge >= 0.3 is 0 Å². The summed E-state index contributed by atoms with van der Waals surface area (Å²) in [7, 11) is 0. The second kappa shape index (κ2) is 7.19. The van der Waals surface area contributed by atoms with Crippen molar-refractivity contribution in [1.29, 1.82) is 0 Å². The molecule has 1 amide bonds. The lowest BCUT2D eigenvalue weighted by atomic mass is 10.1. The molecule has 3 aromatic rings. The van der Waals surface area contributed by atoms with E-state index in [2.05, 4.69) is 28.8 Å². The lowest BCUT2D eigenvalue weighted by Gasteiger charge is -2.22. The summed E-state index contributed by atoms with van der Waals surface area (Å²) in [4.78, 5) is 16.1. The maximum atomic E-state index is 12.9. The zero-order chi connectivity index (χ0) is 17.1. The molecule has 0 fully saturated rings. The number of para-hydroxylation sites is 1. The van der Waals surface area contributed by atoms with Crippen LogP contribution in [-0.4, -0.2) is 22.8 Å². The number of amides is 1. The van der Waals surface area contributed by atoms with E-state index in [1.54, 1.807) is 0 Å². The Hall–Kier alpha value is -2.46. The number of fused-ring (bicyclic) bond motifs is 1. The third-order valence-corrected chi connectivity index (χ3v) is 5.58. The number of aromatic nitrogens is 1. The molecule has 0 unspecified atom stereocenters. The van der Waals surface area contributed by atoms with Crippen LogP contribution in [0.15, 0.2) is 78.0 Å². The minimum absolute atomic E-state index is 0.170. The van der Waals surface area contributed by atoms with Crippen LogP contribution >= 0.6 is 11.8 Å². The van der Waals surface area contributed by atoms with Gasteiger partial charge in [0.15, 0.2) is 0 Å². The molecule has 4 rings (SSSR count). The van der Waals surface area contributed by atoms with Crippen LogP contribution in [0.1, 0.15) is 12.0 Å². The summed E-state index contributed by atoms with van der Waals surface area (Å²) in [5.41, 5.74) is 3.21.